The molecule has 0 amide bonds. The highest BCUT2D eigenvalue weighted by atomic mass is 15.0. The summed E-state index contributed by atoms with van der Waals surface area (Å²) in [7, 11) is 0. The molecule has 2 heteroatoms. The maximum Gasteiger partial charge on any atom is 0.0953 e. The molecule has 1 heterocycles. The molecular formula is C14H22N2. The van der Waals surface area contributed by atoms with Gasteiger partial charge in [0.1, 0.15) is 0 Å². The number of imidazole rings is 1. The molecule has 0 aliphatic carbocycles. The molecule has 0 fully saturated rings. The van der Waals surface area contributed by atoms with E-state index in [-0.39, 0.29) is 0 Å². The van der Waals surface area contributed by atoms with Gasteiger partial charge >= 0.3 is 0 Å². The van der Waals surface area contributed by atoms with Gasteiger partial charge in [-0.3, -0.25) is 0 Å². The zero-order valence-electron chi connectivity index (χ0n) is 10.6. The van der Waals surface area contributed by atoms with E-state index in [1.807, 2.05) is 19.4 Å². The highest BCUT2D eigenvalue weighted by Gasteiger charge is 2.00. The molecule has 1 aromatic rings. The van der Waals surface area contributed by atoms with Gasteiger partial charge in [-0.1, -0.05) is 39.0 Å². The van der Waals surface area contributed by atoms with E-state index < -0.39 is 0 Å². The maximum absolute atomic E-state index is 4.14. The standard InChI is InChI=1S/C14H22N2/c1-5-13(4)8-6-7-9-16-11-15-10-14(16)12(2)3/h6-7,10-11,13H,2,5,8-9H2,1,3-4H3. The second-order valence-corrected chi connectivity index (χ2v) is 4.43. The van der Waals surface area contributed by atoms with Gasteiger partial charge in [-0.25, -0.2) is 4.98 Å². The fourth-order valence-corrected chi connectivity index (χ4v) is 1.50. The highest BCUT2D eigenvalue weighted by molar-refractivity contribution is 5.57. The zero-order chi connectivity index (χ0) is 12.0. The lowest BCUT2D eigenvalue weighted by molar-refractivity contribution is 0.570. The summed E-state index contributed by atoms with van der Waals surface area (Å²) >= 11 is 0. The normalized spacial score (nSPS) is 13.2. The lowest BCUT2D eigenvalue weighted by Crippen LogP contribution is -1.97. The van der Waals surface area contributed by atoms with Gasteiger partial charge in [0.15, 0.2) is 0 Å². The first-order valence-electron chi connectivity index (χ1n) is 5.96. The van der Waals surface area contributed by atoms with Crippen molar-refractivity contribution in [2.24, 2.45) is 5.92 Å². The van der Waals surface area contributed by atoms with Crippen LogP contribution in [0.25, 0.3) is 5.57 Å². The highest BCUT2D eigenvalue weighted by Crippen LogP contribution is 2.11. The first kappa shape index (κ1) is 12.8. The molecule has 1 aromatic heterocycles. The van der Waals surface area contributed by atoms with Crippen LogP contribution in [0.4, 0.5) is 0 Å². The Balaban J connectivity index is 2.48. The quantitative estimate of drug-likeness (QED) is 0.662. The van der Waals surface area contributed by atoms with Crippen LogP contribution < -0.4 is 0 Å². The average molecular weight is 218 g/mol. The Morgan fingerprint density at radius 3 is 2.94 bits per heavy atom. The van der Waals surface area contributed by atoms with E-state index >= 15 is 0 Å². The third-order valence-corrected chi connectivity index (χ3v) is 2.85. The molecule has 0 spiro atoms. The minimum absolute atomic E-state index is 0.777. The second kappa shape index (κ2) is 6.31. The maximum atomic E-state index is 4.14. The van der Waals surface area contributed by atoms with Gasteiger partial charge in [0, 0.05) is 6.54 Å². The lowest BCUT2D eigenvalue weighted by Gasteiger charge is -2.05. The summed E-state index contributed by atoms with van der Waals surface area (Å²) in [5.41, 5.74) is 2.18. The fourth-order valence-electron chi connectivity index (χ4n) is 1.50. The van der Waals surface area contributed by atoms with Crippen LogP contribution in [-0.4, -0.2) is 9.55 Å². The van der Waals surface area contributed by atoms with E-state index in [0.29, 0.717) is 0 Å². The van der Waals surface area contributed by atoms with Crippen LogP contribution in [0, 0.1) is 5.92 Å². The lowest BCUT2D eigenvalue weighted by atomic mass is 10.1. The Hall–Kier alpha value is -1.31. The molecule has 0 bridgehead atoms. The average Bonchev–Trinajstić information content (AvgIpc) is 2.72. The molecule has 88 valence electrons. The molecule has 1 unspecified atom stereocenters. The van der Waals surface area contributed by atoms with E-state index in [0.717, 1.165) is 30.2 Å². The smallest absolute Gasteiger partial charge is 0.0953 e. The largest absolute Gasteiger partial charge is 0.327 e. The van der Waals surface area contributed by atoms with Crippen LogP contribution in [0.1, 0.15) is 39.3 Å². The van der Waals surface area contributed by atoms with Crippen LogP contribution in [0.2, 0.25) is 0 Å². The minimum atomic E-state index is 0.777. The first-order valence-corrected chi connectivity index (χ1v) is 5.96. The van der Waals surface area contributed by atoms with Gasteiger partial charge < -0.3 is 4.57 Å². The van der Waals surface area contributed by atoms with Crippen LogP contribution in [0.15, 0.2) is 31.3 Å². The Kier molecular flexibility index (Phi) is 5.03. The summed E-state index contributed by atoms with van der Waals surface area (Å²) in [6, 6.07) is 0. The van der Waals surface area contributed by atoms with Crippen molar-refractivity contribution >= 4 is 5.57 Å². The minimum Gasteiger partial charge on any atom is -0.327 e. The summed E-state index contributed by atoms with van der Waals surface area (Å²) in [6.07, 6.45) is 10.6. The molecule has 16 heavy (non-hydrogen) atoms. The Labute approximate surface area is 98.7 Å². The zero-order valence-corrected chi connectivity index (χ0v) is 10.6. The van der Waals surface area contributed by atoms with Crippen molar-refractivity contribution in [3.63, 3.8) is 0 Å². The molecule has 0 radical (unpaired) electrons. The fraction of sp³-hybridized carbons (Fsp3) is 0.500. The van der Waals surface area contributed by atoms with Crippen LogP contribution in [0.3, 0.4) is 0 Å². The number of hydrogen-bond donors (Lipinski definition) is 0. The van der Waals surface area contributed by atoms with Crippen molar-refractivity contribution in [3.05, 3.63) is 36.9 Å². The van der Waals surface area contributed by atoms with Crippen molar-refractivity contribution in [3.8, 4) is 0 Å². The molecule has 0 aliphatic rings. The number of rotatable bonds is 6. The van der Waals surface area contributed by atoms with Gasteiger partial charge in [-0.2, -0.15) is 0 Å². The summed E-state index contributed by atoms with van der Waals surface area (Å²) in [5.74, 6) is 0.777. The second-order valence-electron chi connectivity index (χ2n) is 4.43. The van der Waals surface area contributed by atoms with Crippen molar-refractivity contribution in [1.82, 2.24) is 9.55 Å². The van der Waals surface area contributed by atoms with Crippen LogP contribution >= 0.6 is 0 Å². The molecule has 0 N–H and O–H groups in total. The summed E-state index contributed by atoms with van der Waals surface area (Å²) in [6.45, 7) is 11.3. The van der Waals surface area contributed by atoms with Gasteiger partial charge in [0.25, 0.3) is 0 Å². The summed E-state index contributed by atoms with van der Waals surface area (Å²) in [5, 5.41) is 0. The first-order chi connectivity index (χ1) is 7.65. The van der Waals surface area contributed by atoms with E-state index in [1.54, 1.807) is 0 Å². The molecule has 0 aliphatic heterocycles. The predicted molar refractivity (Wildman–Crippen MR) is 70.1 cm³/mol. The van der Waals surface area contributed by atoms with Gasteiger partial charge in [-0.05, 0) is 24.8 Å². The molecule has 1 atom stereocenters. The SMILES string of the molecule is C=C(C)c1cncn1CC=CCC(C)CC. The van der Waals surface area contributed by atoms with E-state index in [9.17, 15) is 0 Å². The van der Waals surface area contributed by atoms with E-state index in [2.05, 4.69) is 42.1 Å². The van der Waals surface area contributed by atoms with Crippen molar-refractivity contribution in [2.75, 3.05) is 0 Å². The summed E-state index contributed by atoms with van der Waals surface area (Å²) in [4.78, 5) is 4.14. The van der Waals surface area contributed by atoms with E-state index in [4.69, 9.17) is 0 Å². The molecule has 0 saturated carbocycles. The number of aromatic nitrogens is 2. The molecule has 1 rings (SSSR count). The molecular weight excluding hydrogens is 196 g/mol. The Morgan fingerprint density at radius 1 is 1.56 bits per heavy atom. The summed E-state index contributed by atoms with van der Waals surface area (Å²) < 4.78 is 2.12. The monoisotopic (exact) mass is 218 g/mol. The Bertz CT molecular complexity index is 361. The van der Waals surface area contributed by atoms with Gasteiger partial charge in [0.05, 0.1) is 18.2 Å². The van der Waals surface area contributed by atoms with Crippen molar-refractivity contribution in [2.45, 2.75) is 40.2 Å². The van der Waals surface area contributed by atoms with E-state index in [1.165, 1.54) is 6.42 Å². The molecule has 2 nitrogen and oxygen atoms in total. The topological polar surface area (TPSA) is 17.8 Å². The number of allylic oxidation sites excluding steroid dienone is 3. The number of hydrogen-bond acceptors (Lipinski definition) is 1. The number of nitrogens with zero attached hydrogens (tertiary/aromatic N) is 2. The Morgan fingerprint density at radius 2 is 2.31 bits per heavy atom. The van der Waals surface area contributed by atoms with Crippen molar-refractivity contribution < 1.29 is 0 Å². The van der Waals surface area contributed by atoms with Gasteiger partial charge in [0.2, 0.25) is 0 Å². The molecule has 0 saturated heterocycles. The predicted octanol–water partition coefficient (Wildman–Crippen LogP) is 3.91. The van der Waals surface area contributed by atoms with Gasteiger partial charge in [-0.15, -0.1) is 0 Å². The van der Waals surface area contributed by atoms with Crippen LogP contribution in [-0.2, 0) is 6.54 Å². The third-order valence-electron chi connectivity index (χ3n) is 2.85. The van der Waals surface area contributed by atoms with Crippen molar-refractivity contribution in [1.29, 1.82) is 0 Å². The molecule has 0 aromatic carbocycles. The third kappa shape index (κ3) is 3.69. The van der Waals surface area contributed by atoms with Crippen LogP contribution in [0.5, 0.6) is 0 Å².